The molecule has 4 nitrogen and oxygen atoms in total. The second-order valence-corrected chi connectivity index (χ2v) is 10.8. The van der Waals surface area contributed by atoms with E-state index in [-0.39, 0.29) is 16.4 Å². The van der Waals surface area contributed by atoms with E-state index in [1.807, 2.05) is 13.0 Å². The summed E-state index contributed by atoms with van der Waals surface area (Å²) in [5.41, 5.74) is 1.53. The van der Waals surface area contributed by atoms with Gasteiger partial charge in [0.25, 0.3) is 0 Å². The molecule has 0 amide bonds. The molecule has 0 aliphatic rings. The van der Waals surface area contributed by atoms with E-state index in [1.165, 1.54) is 12.1 Å². The average Bonchev–Trinajstić information content (AvgIpc) is 2.47. The summed E-state index contributed by atoms with van der Waals surface area (Å²) < 4.78 is 30.1. The van der Waals surface area contributed by atoms with Gasteiger partial charge in [-0.3, -0.25) is 4.79 Å². The van der Waals surface area contributed by atoms with Gasteiger partial charge in [0.05, 0.1) is 10.6 Å². The molecular formula is C17H20O4S2. The van der Waals surface area contributed by atoms with E-state index >= 15 is 0 Å². The van der Waals surface area contributed by atoms with Crippen molar-refractivity contribution in [2.45, 2.75) is 11.8 Å². The Labute approximate surface area is 139 Å². The predicted molar refractivity (Wildman–Crippen MR) is 94.5 cm³/mol. The van der Waals surface area contributed by atoms with Gasteiger partial charge in [-0.05, 0) is 31.6 Å². The second kappa shape index (κ2) is 6.86. The van der Waals surface area contributed by atoms with Crippen molar-refractivity contribution >= 4 is 26.2 Å². The zero-order valence-corrected chi connectivity index (χ0v) is 15.0. The smallest absolute Gasteiger partial charge is 0.293 e. The van der Waals surface area contributed by atoms with Crippen molar-refractivity contribution in [1.82, 2.24) is 0 Å². The lowest BCUT2D eigenvalue weighted by atomic mass is 10.2. The van der Waals surface area contributed by atoms with Gasteiger partial charge in [0.1, 0.15) is 0 Å². The molecule has 2 aromatic carbocycles. The molecule has 0 unspecified atom stereocenters. The van der Waals surface area contributed by atoms with E-state index in [0.29, 0.717) is 5.56 Å². The average molecular weight is 352 g/mol. The van der Waals surface area contributed by atoms with Crippen LogP contribution in [-0.2, 0) is 13.7 Å². The van der Waals surface area contributed by atoms with Crippen molar-refractivity contribution in [1.29, 1.82) is 0 Å². The van der Waals surface area contributed by atoms with Gasteiger partial charge in [0.2, 0.25) is 0 Å². The normalized spacial score (nSPS) is 12.8. The molecule has 0 aliphatic heterocycles. The number of aryl methyl sites for hydroxylation is 1. The van der Waals surface area contributed by atoms with Gasteiger partial charge in [-0.25, -0.2) is 3.63 Å². The Hall–Kier alpha value is -1.63. The number of rotatable bonds is 6. The summed E-state index contributed by atoms with van der Waals surface area (Å²) in [4.78, 5) is 12.4. The summed E-state index contributed by atoms with van der Waals surface area (Å²) in [5, 5.41) is 0. The van der Waals surface area contributed by atoms with Crippen LogP contribution in [0.3, 0.4) is 0 Å². The maximum Gasteiger partial charge on any atom is 0.306 e. The van der Waals surface area contributed by atoms with Crippen molar-refractivity contribution in [2.75, 3.05) is 18.3 Å². The molecule has 0 N–H and O–H groups in total. The molecule has 23 heavy (non-hydrogen) atoms. The molecular weight excluding hydrogens is 332 g/mol. The Balaban J connectivity index is 2.14. The minimum Gasteiger partial charge on any atom is -0.293 e. The first-order chi connectivity index (χ1) is 10.7. The lowest BCUT2D eigenvalue weighted by Gasteiger charge is -2.29. The van der Waals surface area contributed by atoms with Crippen LogP contribution in [0.4, 0.5) is 0 Å². The highest BCUT2D eigenvalue weighted by Gasteiger charge is 2.27. The molecule has 2 aromatic rings. The maximum atomic E-state index is 12.4. The highest BCUT2D eigenvalue weighted by Crippen LogP contribution is 2.44. The van der Waals surface area contributed by atoms with Gasteiger partial charge < -0.3 is 0 Å². The van der Waals surface area contributed by atoms with Gasteiger partial charge in [-0.2, -0.15) is 8.42 Å². The molecule has 6 heteroatoms. The first-order valence-corrected chi connectivity index (χ1v) is 11.0. The predicted octanol–water partition coefficient (Wildman–Crippen LogP) is 3.56. The standard InChI is InChI=1S/C17H20O4S2/c1-14-9-11-16(12-10-14)23(19,20)21-22(2,3)13-17(18)15-7-5-4-6-8-15/h4-12H,13H2,1-3H3. The van der Waals surface area contributed by atoms with Crippen molar-refractivity contribution in [3.05, 3.63) is 65.7 Å². The van der Waals surface area contributed by atoms with Crippen molar-refractivity contribution < 1.29 is 16.8 Å². The van der Waals surface area contributed by atoms with E-state index in [2.05, 4.69) is 0 Å². The fraction of sp³-hybridized carbons (Fsp3) is 0.235. The first kappa shape index (κ1) is 17.7. The van der Waals surface area contributed by atoms with E-state index in [9.17, 15) is 13.2 Å². The van der Waals surface area contributed by atoms with Crippen molar-refractivity contribution in [3.63, 3.8) is 0 Å². The third-order valence-corrected chi connectivity index (χ3v) is 7.15. The van der Waals surface area contributed by atoms with E-state index in [1.54, 1.807) is 48.9 Å². The largest absolute Gasteiger partial charge is 0.306 e. The fourth-order valence-corrected chi connectivity index (χ4v) is 5.75. The van der Waals surface area contributed by atoms with E-state index < -0.39 is 20.4 Å². The molecule has 0 spiro atoms. The van der Waals surface area contributed by atoms with Crippen LogP contribution in [0.1, 0.15) is 15.9 Å². The molecule has 0 aromatic heterocycles. The SMILES string of the molecule is Cc1ccc(S(=O)(=O)OS(C)(C)CC(=O)c2ccccc2)cc1. The Kier molecular flexibility index (Phi) is 5.29. The molecule has 0 saturated carbocycles. The zero-order valence-electron chi connectivity index (χ0n) is 13.4. The number of hydrogen-bond acceptors (Lipinski definition) is 4. The van der Waals surface area contributed by atoms with E-state index in [0.717, 1.165) is 5.56 Å². The van der Waals surface area contributed by atoms with Gasteiger partial charge in [-0.15, -0.1) is 10.3 Å². The summed E-state index contributed by atoms with van der Waals surface area (Å²) in [6.45, 7) is 1.88. The molecule has 0 saturated heterocycles. The molecule has 0 radical (unpaired) electrons. The van der Waals surface area contributed by atoms with Crippen molar-refractivity contribution in [3.8, 4) is 0 Å². The monoisotopic (exact) mass is 352 g/mol. The molecule has 0 atom stereocenters. The topological polar surface area (TPSA) is 60.4 Å². The van der Waals surface area contributed by atoms with Crippen LogP contribution in [0, 0.1) is 6.92 Å². The minimum absolute atomic E-state index is 0.0576. The summed E-state index contributed by atoms with van der Waals surface area (Å²) in [6, 6.07) is 15.3. The van der Waals surface area contributed by atoms with Crippen LogP contribution in [0.2, 0.25) is 0 Å². The minimum atomic E-state index is -3.88. The lowest BCUT2D eigenvalue weighted by molar-refractivity contribution is 0.102. The Morgan fingerprint density at radius 1 is 0.957 bits per heavy atom. The number of carbonyl (C=O) groups excluding carboxylic acids is 1. The Morgan fingerprint density at radius 2 is 1.52 bits per heavy atom. The Morgan fingerprint density at radius 3 is 2.09 bits per heavy atom. The molecule has 124 valence electrons. The molecule has 0 heterocycles. The van der Waals surface area contributed by atoms with Gasteiger partial charge in [0.15, 0.2) is 5.78 Å². The van der Waals surface area contributed by atoms with Crippen LogP contribution >= 0.6 is 10.3 Å². The summed E-state index contributed by atoms with van der Waals surface area (Å²) in [5.74, 6) is -0.0630. The van der Waals surface area contributed by atoms with Crippen LogP contribution in [-0.4, -0.2) is 32.5 Å². The van der Waals surface area contributed by atoms with Crippen molar-refractivity contribution in [2.24, 2.45) is 0 Å². The molecule has 2 rings (SSSR count). The van der Waals surface area contributed by atoms with E-state index in [4.69, 9.17) is 3.63 Å². The number of Topliss-reactive ketones (excluding diaryl/α,β-unsaturated/α-hetero) is 1. The summed E-state index contributed by atoms with van der Waals surface area (Å²) >= 11 is 0. The number of benzene rings is 2. The maximum absolute atomic E-state index is 12.4. The van der Waals surface area contributed by atoms with Crippen LogP contribution in [0.15, 0.2) is 59.5 Å². The van der Waals surface area contributed by atoms with Crippen LogP contribution in [0.25, 0.3) is 0 Å². The highest BCUT2D eigenvalue weighted by atomic mass is 32.3. The highest BCUT2D eigenvalue weighted by molar-refractivity contribution is 8.32. The van der Waals surface area contributed by atoms with Gasteiger partial charge in [0, 0.05) is 5.56 Å². The number of carbonyl (C=O) groups is 1. The molecule has 0 fully saturated rings. The zero-order chi connectivity index (χ0) is 17.1. The Bertz CT molecular complexity index is 779. The second-order valence-electron chi connectivity index (χ2n) is 5.71. The third kappa shape index (κ3) is 4.92. The first-order valence-electron chi connectivity index (χ1n) is 7.02. The van der Waals surface area contributed by atoms with Gasteiger partial charge >= 0.3 is 10.1 Å². The number of ketones is 1. The van der Waals surface area contributed by atoms with Crippen LogP contribution < -0.4 is 0 Å². The molecule has 0 aliphatic carbocycles. The third-order valence-electron chi connectivity index (χ3n) is 3.16. The fourth-order valence-electron chi connectivity index (χ4n) is 2.03. The van der Waals surface area contributed by atoms with Gasteiger partial charge in [-0.1, -0.05) is 48.0 Å². The lowest BCUT2D eigenvalue weighted by Crippen LogP contribution is -2.18. The quantitative estimate of drug-likeness (QED) is 0.746. The van der Waals surface area contributed by atoms with Crippen LogP contribution in [0.5, 0.6) is 0 Å². The summed E-state index contributed by atoms with van der Waals surface area (Å²) in [6.07, 6.45) is 3.36. The summed E-state index contributed by atoms with van der Waals surface area (Å²) in [7, 11) is -5.96. The number of hydrogen-bond donors (Lipinski definition) is 0. The molecule has 0 bridgehead atoms.